The van der Waals surface area contributed by atoms with Crippen LogP contribution in [-0.2, 0) is 42.6 Å². The SMILES string of the molecule is C[C@H](CC[C@@]1(O)O[C@H]2C[C@H]3[C@@H]4CC=C5C[C@@H](O[C@@H]6O[C@H](CO)[C@@H](O)[C@H](O[C@H]7O[C@H](CO)[C@@H](O)[C@H](O)[C@H]7O[C@H]7O[C@@H](C)[C@H](O)[C@@H](O)[C@H]7O)[C@H]6O)CC[C@]5(C)[C@H]4CC[C@]3(C)[C@H]2[C@@H]1C)CO[C@@H]1O[C@H](CO)[C@@H](O)[C@H](O)[C@H]1O. The summed E-state index contributed by atoms with van der Waals surface area (Å²) in [5, 5.41) is 149. The third kappa shape index (κ3) is 10.2. The lowest BCUT2D eigenvalue weighted by atomic mass is 9.47. The Kier molecular flexibility index (Phi) is 17.4. The lowest BCUT2D eigenvalue weighted by Gasteiger charge is -2.58. The highest BCUT2D eigenvalue weighted by Gasteiger charge is 2.68. The van der Waals surface area contributed by atoms with Crippen LogP contribution in [0.1, 0.15) is 92.4 Å². The molecule has 3 saturated carbocycles. The Bertz CT molecular complexity index is 1920. The average Bonchev–Trinajstić information content (AvgIpc) is 3.82. The average molecular weight is 1070 g/mol. The van der Waals surface area contributed by atoms with Gasteiger partial charge in [-0.15, -0.1) is 0 Å². The van der Waals surface area contributed by atoms with Gasteiger partial charge in [-0.1, -0.05) is 39.3 Å². The first-order valence-electron chi connectivity index (χ1n) is 26.9. The summed E-state index contributed by atoms with van der Waals surface area (Å²) in [5.74, 6) is -0.229. The van der Waals surface area contributed by atoms with Crippen molar-refractivity contribution in [1.29, 1.82) is 0 Å². The van der Waals surface area contributed by atoms with Gasteiger partial charge in [-0.05, 0) is 98.7 Å². The molecular weight excluding hydrogens is 981 g/mol. The van der Waals surface area contributed by atoms with Gasteiger partial charge in [0, 0.05) is 12.3 Å². The summed E-state index contributed by atoms with van der Waals surface area (Å²) in [6.07, 6.45) is -22.3. The van der Waals surface area contributed by atoms with Gasteiger partial charge in [-0.25, -0.2) is 0 Å². The third-order valence-electron chi connectivity index (χ3n) is 19.5. The lowest BCUT2D eigenvalue weighted by molar-refractivity contribution is -0.389. The molecule has 9 rings (SSSR count). The Labute approximate surface area is 430 Å². The summed E-state index contributed by atoms with van der Waals surface area (Å²) in [7, 11) is 0. The molecule has 0 aromatic rings. The maximum absolute atomic E-state index is 12.1. The summed E-state index contributed by atoms with van der Waals surface area (Å²) < 4.78 is 53.7. The van der Waals surface area contributed by atoms with Crippen molar-refractivity contribution in [3.8, 4) is 0 Å². The molecule has 0 radical (unpaired) electrons. The van der Waals surface area contributed by atoms with E-state index in [-0.39, 0.29) is 41.3 Å². The Morgan fingerprint density at radius 2 is 1.23 bits per heavy atom. The van der Waals surface area contributed by atoms with Crippen LogP contribution in [0.15, 0.2) is 11.6 Å². The number of hydrogen-bond acceptors (Lipinski definition) is 23. The minimum atomic E-state index is -1.85. The molecule has 4 aliphatic carbocycles. The molecule has 5 aliphatic heterocycles. The molecule has 5 heterocycles. The molecule has 0 bridgehead atoms. The van der Waals surface area contributed by atoms with Crippen molar-refractivity contribution in [3.05, 3.63) is 11.6 Å². The third-order valence-corrected chi connectivity index (χ3v) is 19.5. The van der Waals surface area contributed by atoms with Crippen molar-refractivity contribution in [2.24, 2.45) is 46.3 Å². The predicted molar refractivity (Wildman–Crippen MR) is 250 cm³/mol. The van der Waals surface area contributed by atoms with E-state index in [1.54, 1.807) is 0 Å². The minimum Gasteiger partial charge on any atom is -0.394 e. The summed E-state index contributed by atoms with van der Waals surface area (Å²) in [5.41, 5.74) is 1.07. The fourth-order valence-corrected chi connectivity index (χ4v) is 15.0. The van der Waals surface area contributed by atoms with E-state index < -0.39 is 155 Å². The van der Waals surface area contributed by atoms with Crippen LogP contribution in [0, 0.1) is 46.3 Å². The molecule has 0 aromatic carbocycles. The molecule has 5 saturated heterocycles. The second kappa shape index (κ2) is 22.4. The van der Waals surface area contributed by atoms with E-state index in [4.69, 9.17) is 42.6 Å². The van der Waals surface area contributed by atoms with Gasteiger partial charge in [0.25, 0.3) is 0 Å². The highest BCUT2D eigenvalue weighted by Crippen LogP contribution is 2.70. The highest BCUT2D eigenvalue weighted by molar-refractivity contribution is 5.26. The number of fused-ring (bicyclic) bond motifs is 7. The largest absolute Gasteiger partial charge is 0.394 e. The Hall–Kier alpha value is -1.18. The number of rotatable bonds is 15. The van der Waals surface area contributed by atoms with Crippen LogP contribution in [0.25, 0.3) is 0 Å². The van der Waals surface area contributed by atoms with E-state index in [2.05, 4.69) is 26.8 Å². The van der Waals surface area contributed by atoms with Crippen LogP contribution in [0.3, 0.4) is 0 Å². The normalized spacial score (nSPS) is 54.9. The van der Waals surface area contributed by atoms with E-state index in [9.17, 15) is 71.5 Å². The second-order valence-electron chi connectivity index (χ2n) is 23.8. The molecular formula is C51H84O23. The van der Waals surface area contributed by atoms with Gasteiger partial charge in [0.1, 0.15) is 91.6 Å². The maximum atomic E-state index is 12.1. The first kappa shape index (κ1) is 57.5. The molecule has 14 N–H and O–H groups in total. The fourth-order valence-electron chi connectivity index (χ4n) is 15.0. The van der Waals surface area contributed by atoms with Crippen molar-refractivity contribution in [2.75, 3.05) is 26.4 Å². The molecule has 426 valence electrons. The van der Waals surface area contributed by atoms with Crippen LogP contribution in [-0.4, -0.2) is 239 Å². The zero-order chi connectivity index (χ0) is 53.5. The van der Waals surface area contributed by atoms with Crippen molar-refractivity contribution >= 4 is 0 Å². The monoisotopic (exact) mass is 1060 g/mol. The summed E-state index contributed by atoms with van der Waals surface area (Å²) in [6, 6.07) is 0. The number of allylic oxidation sites excluding steroid dienone is 1. The standard InChI is InChI=1S/C51H84O23/c1-20(19-66-45-40(62)38(60)34(56)29(16-52)69-45)8-13-51(65)21(2)32-28(74-51)15-27-25-7-6-23-14-24(9-11-49(23,4)26(25)10-12-50(27,32)5)68-47-42(64)43(36(58)31(18-54)70-47)72-48-44(39(61)35(57)30(17-53)71-48)73-46-41(63)37(59)33(55)22(3)67-46/h6,20-22,24-48,52-65H,7-19H2,1-5H3/t20-,21+,22+,24+,25-,26+,27+,28+,29-,30-,31-,32+,33+,34-,35-,36-,37-,38+,39+,40-,41-,42-,43+,44-,45-,46-,47-,48-,49+,50+,51-/m1/s1. The van der Waals surface area contributed by atoms with E-state index >= 15 is 0 Å². The van der Waals surface area contributed by atoms with Gasteiger partial charge >= 0.3 is 0 Å². The summed E-state index contributed by atoms with van der Waals surface area (Å²) in [6.45, 7) is 8.32. The first-order valence-corrected chi connectivity index (χ1v) is 26.9. The quantitative estimate of drug-likeness (QED) is 0.0727. The van der Waals surface area contributed by atoms with Crippen LogP contribution < -0.4 is 0 Å². The van der Waals surface area contributed by atoms with Gasteiger partial charge in [0.2, 0.25) is 0 Å². The minimum absolute atomic E-state index is 0.0578. The molecule has 8 fully saturated rings. The molecule has 0 aromatic heterocycles. The van der Waals surface area contributed by atoms with Gasteiger partial charge in [-0.2, -0.15) is 0 Å². The lowest BCUT2D eigenvalue weighted by Crippen LogP contribution is -2.67. The first-order chi connectivity index (χ1) is 35.0. The summed E-state index contributed by atoms with van der Waals surface area (Å²) >= 11 is 0. The topological polar surface area (TPSA) is 366 Å². The molecule has 0 amide bonds. The molecule has 23 heteroatoms. The smallest absolute Gasteiger partial charge is 0.187 e. The Morgan fingerprint density at radius 1 is 0.635 bits per heavy atom. The number of hydrogen-bond donors (Lipinski definition) is 14. The number of ether oxygens (including phenoxy) is 9. The zero-order valence-corrected chi connectivity index (χ0v) is 42.9. The zero-order valence-electron chi connectivity index (χ0n) is 42.9. The van der Waals surface area contributed by atoms with Crippen LogP contribution >= 0.6 is 0 Å². The predicted octanol–water partition coefficient (Wildman–Crippen LogP) is -3.01. The van der Waals surface area contributed by atoms with E-state index in [0.29, 0.717) is 43.4 Å². The van der Waals surface area contributed by atoms with E-state index in [1.165, 1.54) is 12.5 Å². The fraction of sp³-hybridized carbons (Fsp3) is 0.961. The van der Waals surface area contributed by atoms with Gasteiger partial charge in [0.05, 0.1) is 44.7 Å². The van der Waals surface area contributed by atoms with Crippen molar-refractivity contribution in [2.45, 2.75) is 233 Å². The van der Waals surface area contributed by atoms with Gasteiger partial charge in [-0.3, -0.25) is 0 Å². The van der Waals surface area contributed by atoms with Crippen molar-refractivity contribution in [1.82, 2.24) is 0 Å². The summed E-state index contributed by atoms with van der Waals surface area (Å²) in [4.78, 5) is 0. The van der Waals surface area contributed by atoms with Gasteiger partial charge < -0.3 is 114 Å². The second-order valence-corrected chi connectivity index (χ2v) is 23.8. The van der Waals surface area contributed by atoms with Crippen LogP contribution in [0.5, 0.6) is 0 Å². The Balaban J connectivity index is 0.818. The van der Waals surface area contributed by atoms with E-state index in [0.717, 1.165) is 32.1 Å². The Morgan fingerprint density at radius 3 is 1.92 bits per heavy atom. The molecule has 31 atom stereocenters. The van der Waals surface area contributed by atoms with Crippen molar-refractivity contribution < 1.29 is 114 Å². The van der Waals surface area contributed by atoms with Gasteiger partial charge in [0.15, 0.2) is 30.9 Å². The molecule has 23 nitrogen and oxygen atoms in total. The maximum Gasteiger partial charge on any atom is 0.187 e. The molecule has 9 aliphatic rings. The van der Waals surface area contributed by atoms with E-state index in [1.807, 2.05) is 6.92 Å². The molecule has 0 spiro atoms. The van der Waals surface area contributed by atoms with Crippen LogP contribution in [0.2, 0.25) is 0 Å². The van der Waals surface area contributed by atoms with Crippen molar-refractivity contribution in [3.63, 3.8) is 0 Å². The van der Waals surface area contributed by atoms with Crippen LogP contribution in [0.4, 0.5) is 0 Å². The molecule has 74 heavy (non-hydrogen) atoms. The molecule has 0 unspecified atom stereocenters. The number of aliphatic hydroxyl groups excluding tert-OH is 13. The number of aliphatic hydroxyl groups is 14. The highest BCUT2D eigenvalue weighted by atomic mass is 16.8.